The summed E-state index contributed by atoms with van der Waals surface area (Å²) in [4.78, 5) is 12.5. The van der Waals surface area contributed by atoms with Crippen molar-refractivity contribution >= 4 is 11.9 Å². The van der Waals surface area contributed by atoms with Gasteiger partial charge in [0.25, 0.3) is 0 Å². The van der Waals surface area contributed by atoms with Gasteiger partial charge in [0.2, 0.25) is 5.76 Å². The van der Waals surface area contributed by atoms with Crippen molar-refractivity contribution in [3.63, 3.8) is 0 Å². The fraction of sp³-hybridized carbons (Fsp3) is 0.455. The highest BCUT2D eigenvalue weighted by atomic mass is 16.4. The first-order valence-electron chi connectivity index (χ1n) is 5.03. The molecule has 1 heterocycles. The molecule has 0 saturated carbocycles. The SMILES string of the molecule is CC(C)N(CCC#N)c1ccc(C(=O)O)o1. The second-order valence-corrected chi connectivity index (χ2v) is 3.64. The van der Waals surface area contributed by atoms with Gasteiger partial charge in [0.15, 0.2) is 5.88 Å². The van der Waals surface area contributed by atoms with E-state index in [4.69, 9.17) is 14.8 Å². The molecule has 0 aliphatic heterocycles. The van der Waals surface area contributed by atoms with Gasteiger partial charge in [0, 0.05) is 18.7 Å². The van der Waals surface area contributed by atoms with Gasteiger partial charge in [0.1, 0.15) is 0 Å². The first-order valence-corrected chi connectivity index (χ1v) is 5.03. The lowest BCUT2D eigenvalue weighted by molar-refractivity contribution is 0.0663. The van der Waals surface area contributed by atoms with E-state index in [9.17, 15) is 4.79 Å². The summed E-state index contributed by atoms with van der Waals surface area (Å²) in [6, 6.07) is 5.23. The lowest BCUT2D eigenvalue weighted by Crippen LogP contribution is -2.31. The molecule has 1 aromatic heterocycles. The van der Waals surface area contributed by atoms with Gasteiger partial charge in [-0.05, 0) is 19.9 Å². The van der Waals surface area contributed by atoms with E-state index in [1.165, 1.54) is 6.07 Å². The molecule has 0 fully saturated rings. The molecule has 1 N–H and O–H groups in total. The maximum Gasteiger partial charge on any atom is 0.371 e. The van der Waals surface area contributed by atoms with Crippen LogP contribution in [0.2, 0.25) is 0 Å². The molecule has 0 atom stereocenters. The largest absolute Gasteiger partial charge is 0.475 e. The second-order valence-electron chi connectivity index (χ2n) is 3.64. The molecule has 0 unspecified atom stereocenters. The molecule has 0 bridgehead atoms. The van der Waals surface area contributed by atoms with E-state index in [0.717, 1.165) is 0 Å². The van der Waals surface area contributed by atoms with E-state index in [1.54, 1.807) is 6.07 Å². The van der Waals surface area contributed by atoms with Crippen molar-refractivity contribution in [1.82, 2.24) is 0 Å². The molecule has 16 heavy (non-hydrogen) atoms. The molecule has 86 valence electrons. The van der Waals surface area contributed by atoms with Crippen LogP contribution in [-0.4, -0.2) is 23.7 Å². The third-order valence-corrected chi connectivity index (χ3v) is 2.17. The van der Waals surface area contributed by atoms with Crippen molar-refractivity contribution in [2.24, 2.45) is 0 Å². The summed E-state index contributed by atoms with van der Waals surface area (Å²) in [6.45, 7) is 4.45. The minimum Gasteiger partial charge on any atom is -0.475 e. The Morgan fingerprint density at radius 1 is 1.62 bits per heavy atom. The summed E-state index contributed by atoms with van der Waals surface area (Å²) in [7, 11) is 0. The fourth-order valence-corrected chi connectivity index (χ4v) is 1.39. The van der Waals surface area contributed by atoms with Crippen molar-refractivity contribution in [3.8, 4) is 6.07 Å². The maximum atomic E-state index is 10.7. The molecule has 0 aromatic carbocycles. The number of rotatable bonds is 5. The number of furan rings is 1. The minimum absolute atomic E-state index is 0.0855. The summed E-state index contributed by atoms with van der Waals surface area (Å²) in [6.07, 6.45) is 0.376. The normalized spacial score (nSPS) is 10.1. The van der Waals surface area contributed by atoms with Gasteiger partial charge in [-0.1, -0.05) is 0 Å². The Morgan fingerprint density at radius 2 is 2.31 bits per heavy atom. The lowest BCUT2D eigenvalue weighted by atomic mass is 10.3. The predicted molar refractivity (Wildman–Crippen MR) is 58.4 cm³/mol. The Morgan fingerprint density at radius 3 is 2.75 bits per heavy atom. The molecular weight excluding hydrogens is 208 g/mol. The summed E-state index contributed by atoms with van der Waals surface area (Å²) < 4.78 is 5.18. The van der Waals surface area contributed by atoms with Crippen LogP contribution in [0.3, 0.4) is 0 Å². The molecule has 0 radical (unpaired) electrons. The van der Waals surface area contributed by atoms with Gasteiger partial charge in [-0.2, -0.15) is 5.26 Å². The van der Waals surface area contributed by atoms with Crippen LogP contribution in [-0.2, 0) is 0 Å². The topological polar surface area (TPSA) is 77.5 Å². The van der Waals surface area contributed by atoms with Crippen LogP contribution in [0, 0.1) is 11.3 Å². The Labute approximate surface area is 93.9 Å². The van der Waals surface area contributed by atoms with Gasteiger partial charge in [-0.25, -0.2) is 4.79 Å². The lowest BCUT2D eigenvalue weighted by Gasteiger charge is -2.24. The molecule has 5 nitrogen and oxygen atoms in total. The number of aromatic carboxylic acids is 1. The molecule has 0 saturated heterocycles. The van der Waals surface area contributed by atoms with Crippen LogP contribution in [0.15, 0.2) is 16.5 Å². The van der Waals surface area contributed by atoms with Crippen molar-refractivity contribution in [3.05, 3.63) is 17.9 Å². The molecule has 0 aliphatic rings. The summed E-state index contributed by atoms with van der Waals surface area (Å²) in [5.41, 5.74) is 0. The average molecular weight is 222 g/mol. The number of nitriles is 1. The zero-order valence-corrected chi connectivity index (χ0v) is 9.30. The average Bonchev–Trinajstić information content (AvgIpc) is 2.67. The standard InChI is InChI=1S/C11H14N2O3/c1-8(2)13(7-3-6-12)10-5-4-9(16-10)11(14)15/h4-5,8H,3,7H2,1-2H3,(H,14,15). The third-order valence-electron chi connectivity index (χ3n) is 2.17. The molecule has 1 rings (SSSR count). The number of carboxylic acids is 1. The maximum absolute atomic E-state index is 10.7. The van der Waals surface area contributed by atoms with E-state index in [0.29, 0.717) is 18.8 Å². The monoisotopic (exact) mass is 222 g/mol. The predicted octanol–water partition coefficient (Wildman–Crippen LogP) is 2.11. The Bertz CT molecular complexity index is 404. The highest BCUT2D eigenvalue weighted by molar-refractivity contribution is 5.84. The molecular formula is C11H14N2O3. The summed E-state index contributed by atoms with van der Waals surface area (Å²) >= 11 is 0. The van der Waals surface area contributed by atoms with Gasteiger partial charge < -0.3 is 14.4 Å². The van der Waals surface area contributed by atoms with Gasteiger partial charge in [-0.3, -0.25) is 0 Å². The molecule has 0 aliphatic carbocycles. The van der Waals surface area contributed by atoms with E-state index in [-0.39, 0.29) is 11.8 Å². The van der Waals surface area contributed by atoms with Gasteiger partial charge >= 0.3 is 5.97 Å². The Hall–Kier alpha value is -1.96. The van der Waals surface area contributed by atoms with Gasteiger partial charge in [0.05, 0.1) is 12.5 Å². The number of hydrogen-bond donors (Lipinski definition) is 1. The molecule has 1 aromatic rings. The number of nitrogens with zero attached hydrogens (tertiary/aromatic N) is 2. The number of carboxylic acid groups (broad SMARTS) is 1. The van der Waals surface area contributed by atoms with Crippen LogP contribution in [0.5, 0.6) is 0 Å². The summed E-state index contributed by atoms with van der Waals surface area (Å²) in [5.74, 6) is -0.685. The zero-order valence-electron chi connectivity index (χ0n) is 9.30. The Balaban J connectivity index is 2.85. The quantitative estimate of drug-likeness (QED) is 0.825. The van der Waals surface area contributed by atoms with Crippen LogP contribution < -0.4 is 4.90 Å². The minimum atomic E-state index is -1.09. The van der Waals surface area contributed by atoms with Crippen molar-refractivity contribution < 1.29 is 14.3 Å². The second kappa shape index (κ2) is 5.21. The van der Waals surface area contributed by atoms with Crippen molar-refractivity contribution in [1.29, 1.82) is 5.26 Å². The van der Waals surface area contributed by atoms with E-state index >= 15 is 0 Å². The zero-order chi connectivity index (χ0) is 12.1. The highest BCUT2D eigenvalue weighted by Crippen LogP contribution is 2.20. The van der Waals surface area contributed by atoms with Crippen LogP contribution >= 0.6 is 0 Å². The molecule has 0 spiro atoms. The van der Waals surface area contributed by atoms with Crippen LogP contribution in [0.1, 0.15) is 30.8 Å². The molecule has 0 amide bonds. The van der Waals surface area contributed by atoms with Crippen molar-refractivity contribution in [2.75, 3.05) is 11.4 Å². The first kappa shape index (κ1) is 12.1. The van der Waals surface area contributed by atoms with E-state index in [2.05, 4.69) is 6.07 Å². The highest BCUT2D eigenvalue weighted by Gasteiger charge is 2.16. The smallest absolute Gasteiger partial charge is 0.371 e. The summed E-state index contributed by atoms with van der Waals surface area (Å²) in [5, 5.41) is 17.3. The third kappa shape index (κ3) is 2.76. The van der Waals surface area contributed by atoms with Crippen LogP contribution in [0.4, 0.5) is 5.88 Å². The Kier molecular flexibility index (Phi) is 3.95. The van der Waals surface area contributed by atoms with E-state index in [1.807, 2.05) is 18.7 Å². The number of anilines is 1. The molecule has 5 heteroatoms. The fourth-order valence-electron chi connectivity index (χ4n) is 1.39. The van der Waals surface area contributed by atoms with Crippen molar-refractivity contribution in [2.45, 2.75) is 26.3 Å². The van der Waals surface area contributed by atoms with E-state index < -0.39 is 5.97 Å². The number of carbonyl (C=O) groups is 1. The first-order chi connectivity index (χ1) is 7.56. The van der Waals surface area contributed by atoms with Gasteiger partial charge in [-0.15, -0.1) is 0 Å². The van der Waals surface area contributed by atoms with Crippen LogP contribution in [0.25, 0.3) is 0 Å². The number of hydrogen-bond acceptors (Lipinski definition) is 4.